The number of nitrogens with one attached hydrogen (secondary N) is 1. The average Bonchev–Trinajstić information content (AvgIpc) is 2.68. The Balaban J connectivity index is 1.97. The lowest BCUT2D eigenvalue weighted by Crippen LogP contribution is -2.37. The fourth-order valence-corrected chi connectivity index (χ4v) is 3.79. The van der Waals surface area contributed by atoms with E-state index >= 15 is 0 Å². The molecule has 8 nitrogen and oxygen atoms in total. The molecule has 0 aliphatic heterocycles. The zero-order valence-electron chi connectivity index (χ0n) is 16.5. The molecule has 3 aromatic rings. The Bertz CT molecular complexity index is 1270. The van der Waals surface area contributed by atoms with Gasteiger partial charge in [0.25, 0.3) is 5.56 Å². The predicted molar refractivity (Wildman–Crippen MR) is 110 cm³/mol. The smallest absolute Gasteiger partial charge is 0.384 e. The van der Waals surface area contributed by atoms with Gasteiger partial charge in [-0.2, -0.15) is 13.2 Å². The van der Waals surface area contributed by atoms with Crippen molar-refractivity contribution in [3.63, 3.8) is 0 Å². The Labute approximate surface area is 177 Å². The number of hydrogen-bond acceptors (Lipinski definition) is 7. The van der Waals surface area contributed by atoms with Crippen LogP contribution in [0, 0.1) is 5.92 Å². The van der Waals surface area contributed by atoms with E-state index in [-0.39, 0.29) is 28.8 Å². The fourth-order valence-electron chi connectivity index (χ4n) is 2.89. The number of fused-ring (bicyclic) bond motifs is 1. The van der Waals surface area contributed by atoms with Crippen molar-refractivity contribution in [2.24, 2.45) is 5.92 Å². The van der Waals surface area contributed by atoms with Crippen molar-refractivity contribution in [1.82, 2.24) is 19.5 Å². The number of ketones is 1. The van der Waals surface area contributed by atoms with Crippen LogP contribution in [0.4, 0.5) is 19.0 Å². The maximum atomic E-state index is 13.2. The first-order valence-electron chi connectivity index (χ1n) is 9.11. The topological polar surface area (TPSA) is 124 Å². The van der Waals surface area contributed by atoms with Gasteiger partial charge < -0.3 is 5.73 Å². The molecular weight excluding hydrogens is 435 g/mol. The number of H-pyrrole nitrogens is 1. The quantitative estimate of drug-likeness (QED) is 0.334. The third-order valence-electron chi connectivity index (χ3n) is 4.23. The highest BCUT2D eigenvalue weighted by atomic mass is 32.2. The summed E-state index contributed by atoms with van der Waals surface area (Å²) in [5.74, 6) is -2.75. The summed E-state index contributed by atoms with van der Waals surface area (Å²) in [7, 11) is 0. The fraction of sp³-hybridized carbons (Fsp3) is 0.316. The third kappa shape index (κ3) is 4.79. The molecule has 2 aromatic heterocycles. The van der Waals surface area contributed by atoms with Gasteiger partial charge in [0.2, 0.25) is 5.82 Å². The highest BCUT2D eigenvalue weighted by Gasteiger charge is 2.35. The first-order valence-corrected chi connectivity index (χ1v) is 10.1. The van der Waals surface area contributed by atoms with Gasteiger partial charge in [-0.25, -0.2) is 14.8 Å². The van der Waals surface area contributed by atoms with Gasteiger partial charge in [0.05, 0.1) is 11.3 Å². The van der Waals surface area contributed by atoms with Crippen molar-refractivity contribution in [1.29, 1.82) is 0 Å². The van der Waals surface area contributed by atoms with Gasteiger partial charge in [0, 0.05) is 11.9 Å². The van der Waals surface area contributed by atoms with Crippen molar-refractivity contribution in [2.45, 2.75) is 31.6 Å². The number of nitrogen functional groups attached to an aromatic ring is 1. The van der Waals surface area contributed by atoms with E-state index in [1.165, 1.54) is 18.2 Å². The first kappa shape index (κ1) is 22.5. The standard InChI is InChI=1S/C19H18F3N5O3S/c1-9(2)7-27-14(23)13(15(29)25-18(27)30)12(28)8-31-16-10-5-3-4-6-11(10)24-17(26-16)19(20,21)22/h3-6,9H,7-8,23H2,1-2H3,(H,25,29,30). The number of aromatic nitrogens is 4. The summed E-state index contributed by atoms with van der Waals surface area (Å²) in [6.45, 7) is 3.83. The molecule has 0 bridgehead atoms. The molecule has 0 unspecified atom stereocenters. The number of halogens is 3. The van der Waals surface area contributed by atoms with E-state index < -0.39 is 40.3 Å². The molecule has 0 atom stereocenters. The summed E-state index contributed by atoms with van der Waals surface area (Å²) < 4.78 is 40.6. The molecule has 0 spiro atoms. The molecule has 1 aromatic carbocycles. The molecule has 0 aliphatic carbocycles. The maximum Gasteiger partial charge on any atom is 0.451 e. The van der Waals surface area contributed by atoms with E-state index in [4.69, 9.17) is 5.73 Å². The molecule has 12 heteroatoms. The molecule has 0 saturated carbocycles. The van der Waals surface area contributed by atoms with Crippen molar-refractivity contribution in [3.8, 4) is 0 Å². The Kier molecular flexibility index (Phi) is 6.20. The number of para-hydroxylation sites is 1. The lowest BCUT2D eigenvalue weighted by Gasteiger charge is -2.14. The third-order valence-corrected chi connectivity index (χ3v) is 5.22. The minimum absolute atomic E-state index is 0.0106. The van der Waals surface area contributed by atoms with Crippen LogP contribution in [0.1, 0.15) is 30.0 Å². The second-order valence-corrected chi connectivity index (χ2v) is 8.07. The van der Waals surface area contributed by atoms with Gasteiger partial charge in [-0.15, -0.1) is 0 Å². The second kappa shape index (κ2) is 8.53. The summed E-state index contributed by atoms with van der Waals surface area (Å²) in [5.41, 5.74) is 3.88. The summed E-state index contributed by atoms with van der Waals surface area (Å²) in [5, 5.41) is 0.275. The van der Waals surface area contributed by atoms with E-state index in [0.717, 1.165) is 16.3 Å². The van der Waals surface area contributed by atoms with Crippen molar-refractivity contribution in [2.75, 3.05) is 11.5 Å². The van der Waals surface area contributed by atoms with E-state index in [2.05, 4.69) is 15.0 Å². The van der Waals surface area contributed by atoms with Crippen LogP contribution in [-0.4, -0.2) is 31.1 Å². The summed E-state index contributed by atoms with van der Waals surface area (Å²) in [6, 6.07) is 6.08. The molecule has 3 rings (SSSR count). The number of nitrogens with two attached hydrogens (primary N) is 1. The lowest BCUT2D eigenvalue weighted by molar-refractivity contribution is -0.145. The molecule has 0 fully saturated rings. The van der Waals surface area contributed by atoms with Crippen molar-refractivity contribution >= 4 is 34.3 Å². The molecule has 0 saturated heterocycles. The maximum absolute atomic E-state index is 13.2. The molecule has 2 heterocycles. The van der Waals surface area contributed by atoms with Gasteiger partial charge in [-0.1, -0.05) is 43.8 Å². The SMILES string of the molecule is CC(C)Cn1c(N)c(C(=O)CSc2nc(C(F)(F)F)nc3ccccc23)c(=O)[nH]c1=O. The van der Waals surface area contributed by atoms with Crippen LogP contribution in [0.25, 0.3) is 10.9 Å². The zero-order valence-corrected chi connectivity index (χ0v) is 17.3. The number of rotatable bonds is 6. The highest BCUT2D eigenvalue weighted by Crippen LogP contribution is 2.32. The lowest BCUT2D eigenvalue weighted by atomic mass is 10.2. The van der Waals surface area contributed by atoms with E-state index in [1.807, 2.05) is 13.8 Å². The number of Topliss-reactive ketones (excluding diaryl/α,β-unsaturated/α-hetero) is 1. The molecule has 164 valence electrons. The number of carbonyl (C=O) groups excluding carboxylic acids is 1. The molecule has 31 heavy (non-hydrogen) atoms. The van der Waals surface area contributed by atoms with Gasteiger partial charge >= 0.3 is 11.9 Å². The molecule has 0 amide bonds. The van der Waals surface area contributed by atoms with Crippen LogP contribution in [0.2, 0.25) is 0 Å². The van der Waals surface area contributed by atoms with Crippen LogP contribution in [0.5, 0.6) is 0 Å². The minimum Gasteiger partial charge on any atom is -0.384 e. The second-order valence-electron chi connectivity index (χ2n) is 7.10. The highest BCUT2D eigenvalue weighted by molar-refractivity contribution is 8.00. The van der Waals surface area contributed by atoms with E-state index in [9.17, 15) is 27.6 Å². The number of nitrogens with zero attached hydrogens (tertiary/aromatic N) is 3. The van der Waals surface area contributed by atoms with Crippen LogP contribution >= 0.6 is 11.8 Å². The van der Waals surface area contributed by atoms with Crippen molar-refractivity contribution in [3.05, 3.63) is 56.5 Å². The van der Waals surface area contributed by atoms with Gasteiger partial charge in [0.15, 0.2) is 5.78 Å². The summed E-state index contributed by atoms with van der Waals surface area (Å²) in [4.78, 5) is 46.1. The number of thioether (sulfide) groups is 1. The molecule has 3 N–H and O–H groups in total. The predicted octanol–water partition coefficient (Wildman–Crippen LogP) is 2.71. The Morgan fingerprint density at radius 1 is 1.23 bits per heavy atom. The Hall–Kier alpha value is -3.15. The van der Waals surface area contributed by atoms with Gasteiger partial charge in [-0.3, -0.25) is 19.1 Å². The number of carbonyl (C=O) groups is 1. The normalized spacial score (nSPS) is 11.9. The summed E-state index contributed by atoms with van der Waals surface area (Å²) >= 11 is 0.728. The first-order chi connectivity index (χ1) is 14.5. The van der Waals surface area contributed by atoms with Crippen LogP contribution in [0.15, 0.2) is 38.9 Å². The minimum atomic E-state index is -4.77. The number of aromatic amines is 1. The van der Waals surface area contributed by atoms with Crippen LogP contribution in [-0.2, 0) is 12.7 Å². The Morgan fingerprint density at radius 3 is 2.55 bits per heavy atom. The van der Waals surface area contributed by atoms with E-state index in [1.54, 1.807) is 6.07 Å². The van der Waals surface area contributed by atoms with Crippen molar-refractivity contribution < 1.29 is 18.0 Å². The number of hydrogen-bond donors (Lipinski definition) is 2. The Morgan fingerprint density at radius 2 is 1.90 bits per heavy atom. The number of anilines is 1. The van der Waals surface area contributed by atoms with E-state index in [0.29, 0.717) is 5.39 Å². The number of benzene rings is 1. The molecule has 0 radical (unpaired) electrons. The number of alkyl halides is 3. The molecular formula is C19H18F3N5O3S. The zero-order chi connectivity index (χ0) is 22.9. The molecule has 0 aliphatic rings. The van der Waals surface area contributed by atoms with Crippen LogP contribution < -0.4 is 17.0 Å². The van der Waals surface area contributed by atoms with Gasteiger partial charge in [0.1, 0.15) is 16.4 Å². The summed E-state index contributed by atoms with van der Waals surface area (Å²) in [6.07, 6.45) is -4.77. The van der Waals surface area contributed by atoms with Gasteiger partial charge in [-0.05, 0) is 12.0 Å². The average molecular weight is 453 g/mol. The monoisotopic (exact) mass is 453 g/mol. The largest absolute Gasteiger partial charge is 0.451 e. The van der Waals surface area contributed by atoms with Crippen LogP contribution in [0.3, 0.4) is 0 Å².